The molecule has 1 aromatic heterocycles. The molecule has 0 radical (unpaired) electrons. The Kier molecular flexibility index (Phi) is 9.29. The quantitative estimate of drug-likeness (QED) is 0.333. The van der Waals surface area contributed by atoms with Crippen LogP contribution in [0.25, 0.3) is 0 Å². The maximum absolute atomic E-state index is 4.81. The van der Waals surface area contributed by atoms with Crippen molar-refractivity contribution in [3.8, 4) is 0 Å². The third-order valence-electron chi connectivity index (χ3n) is 4.81. The average Bonchev–Trinajstić information content (AvgIpc) is 3.34. The van der Waals surface area contributed by atoms with Crippen molar-refractivity contribution in [3.05, 3.63) is 11.1 Å². The summed E-state index contributed by atoms with van der Waals surface area (Å²) >= 11 is 3.85. The molecule has 1 aromatic rings. The number of guanidine groups is 1. The van der Waals surface area contributed by atoms with Crippen LogP contribution < -0.4 is 15.5 Å². The van der Waals surface area contributed by atoms with Gasteiger partial charge in [0.25, 0.3) is 0 Å². The predicted molar refractivity (Wildman–Crippen MR) is 127 cm³/mol. The Bertz CT molecular complexity index is 566. The molecule has 0 aliphatic carbocycles. The van der Waals surface area contributed by atoms with Crippen LogP contribution in [0.15, 0.2) is 10.4 Å². The first-order valence-corrected chi connectivity index (χ1v) is 11.4. The largest absolute Gasteiger partial charge is 0.357 e. The minimum absolute atomic E-state index is 0. The van der Waals surface area contributed by atoms with Crippen LogP contribution in [0.5, 0.6) is 0 Å². The summed E-state index contributed by atoms with van der Waals surface area (Å²) in [5, 5.41) is 10.2. The van der Waals surface area contributed by atoms with E-state index in [0.717, 1.165) is 32.0 Å². The van der Waals surface area contributed by atoms with Gasteiger partial charge in [0.15, 0.2) is 11.1 Å². The van der Waals surface area contributed by atoms with Gasteiger partial charge < -0.3 is 15.5 Å². The van der Waals surface area contributed by atoms with Gasteiger partial charge in [0.05, 0.1) is 12.2 Å². The molecule has 8 heteroatoms. The highest BCUT2D eigenvalue weighted by Crippen LogP contribution is 2.37. The Morgan fingerprint density at radius 3 is 2.81 bits per heavy atom. The summed E-state index contributed by atoms with van der Waals surface area (Å²) in [6.45, 7) is 9.45. The lowest BCUT2D eigenvalue weighted by Crippen LogP contribution is -2.39. The summed E-state index contributed by atoms with van der Waals surface area (Å²) in [5.74, 6) is 2.21. The van der Waals surface area contributed by atoms with Crippen molar-refractivity contribution >= 4 is 58.2 Å². The smallest absolute Gasteiger partial charge is 0.191 e. The Morgan fingerprint density at radius 2 is 2.12 bits per heavy atom. The fourth-order valence-electron chi connectivity index (χ4n) is 3.32. The van der Waals surface area contributed by atoms with Crippen LogP contribution in [0.1, 0.15) is 45.2 Å². The molecule has 0 saturated carbocycles. The summed E-state index contributed by atoms with van der Waals surface area (Å²) in [5.41, 5.74) is 1.19. The van der Waals surface area contributed by atoms with E-state index in [4.69, 9.17) is 9.98 Å². The highest BCUT2D eigenvalue weighted by atomic mass is 127. The van der Waals surface area contributed by atoms with Crippen molar-refractivity contribution in [1.82, 2.24) is 15.6 Å². The van der Waals surface area contributed by atoms with Crippen LogP contribution in [0.3, 0.4) is 0 Å². The molecule has 3 rings (SSSR count). The van der Waals surface area contributed by atoms with Gasteiger partial charge in [-0.15, -0.1) is 35.3 Å². The van der Waals surface area contributed by atoms with Gasteiger partial charge in [0.1, 0.15) is 0 Å². The van der Waals surface area contributed by atoms with E-state index in [1.165, 1.54) is 55.4 Å². The first-order chi connectivity index (χ1) is 12.2. The second kappa shape index (κ2) is 10.9. The number of nitrogens with zero attached hydrogens (tertiary/aromatic N) is 3. The highest BCUT2D eigenvalue weighted by molar-refractivity contribution is 14.0. The van der Waals surface area contributed by atoms with E-state index in [-0.39, 0.29) is 24.0 Å². The van der Waals surface area contributed by atoms with Crippen LogP contribution in [0.4, 0.5) is 5.13 Å². The Hall–Kier alpha value is -0.220. The molecule has 1 atom stereocenters. The molecule has 2 fully saturated rings. The maximum Gasteiger partial charge on any atom is 0.191 e. The number of rotatable bonds is 7. The zero-order valence-corrected chi connectivity index (χ0v) is 19.9. The molecule has 2 saturated heterocycles. The Balaban J connectivity index is 0.00000243. The number of aliphatic imine (C=N–C) groups is 1. The van der Waals surface area contributed by atoms with E-state index in [1.807, 2.05) is 0 Å². The number of thiazole rings is 1. The molecule has 2 aliphatic heterocycles. The molecule has 1 unspecified atom stereocenters. The lowest BCUT2D eigenvalue weighted by Gasteiger charge is -2.21. The van der Waals surface area contributed by atoms with Crippen molar-refractivity contribution in [2.24, 2.45) is 4.99 Å². The predicted octanol–water partition coefficient (Wildman–Crippen LogP) is 3.74. The topological polar surface area (TPSA) is 52.6 Å². The number of thioether (sulfide) groups is 1. The minimum Gasteiger partial charge on any atom is -0.357 e. The minimum atomic E-state index is 0. The molecule has 5 nitrogen and oxygen atoms in total. The van der Waals surface area contributed by atoms with Crippen LogP contribution in [0, 0.1) is 0 Å². The van der Waals surface area contributed by atoms with Crippen LogP contribution in [0.2, 0.25) is 0 Å². The zero-order chi connectivity index (χ0) is 17.5. The average molecular weight is 510 g/mol. The van der Waals surface area contributed by atoms with Gasteiger partial charge in [-0.1, -0.05) is 0 Å². The zero-order valence-electron chi connectivity index (χ0n) is 15.9. The summed E-state index contributed by atoms with van der Waals surface area (Å²) < 4.78 is 0.321. The Labute approximate surface area is 183 Å². The van der Waals surface area contributed by atoms with Gasteiger partial charge in [-0.05, 0) is 45.3 Å². The first kappa shape index (κ1) is 22.1. The van der Waals surface area contributed by atoms with E-state index in [9.17, 15) is 0 Å². The van der Waals surface area contributed by atoms with Crippen molar-refractivity contribution in [2.45, 2.75) is 50.7 Å². The number of halogens is 1. The van der Waals surface area contributed by atoms with Gasteiger partial charge in [0.2, 0.25) is 0 Å². The lowest BCUT2D eigenvalue weighted by atomic mass is 10.1. The molecule has 148 valence electrons. The Morgan fingerprint density at radius 1 is 1.31 bits per heavy atom. The molecule has 0 aromatic carbocycles. The SMILES string of the molecule is CCNC(=NCC1(C)CCCS1)NCCc1csc(N2CCCC2)n1.I. The van der Waals surface area contributed by atoms with Gasteiger partial charge in [-0.25, -0.2) is 4.98 Å². The van der Waals surface area contributed by atoms with Gasteiger partial charge in [-0.2, -0.15) is 11.8 Å². The molecule has 3 heterocycles. The maximum atomic E-state index is 4.81. The molecule has 0 bridgehead atoms. The van der Waals surface area contributed by atoms with Gasteiger partial charge >= 0.3 is 0 Å². The lowest BCUT2D eigenvalue weighted by molar-refractivity contribution is 0.614. The molecule has 2 aliphatic rings. The van der Waals surface area contributed by atoms with Crippen molar-refractivity contribution in [2.75, 3.05) is 43.4 Å². The second-order valence-electron chi connectivity index (χ2n) is 7.09. The summed E-state index contributed by atoms with van der Waals surface area (Å²) in [7, 11) is 0. The van der Waals surface area contributed by atoms with E-state index in [2.05, 4.69) is 46.5 Å². The summed E-state index contributed by atoms with van der Waals surface area (Å²) in [6, 6.07) is 0. The third kappa shape index (κ3) is 6.44. The number of nitrogens with one attached hydrogen (secondary N) is 2. The molecule has 26 heavy (non-hydrogen) atoms. The van der Waals surface area contributed by atoms with Crippen molar-refractivity contribution < 1.29 is 0 Å². The summed E-state index contributed by atoms with van der Waals surface area (Å²) in [4.78, 5) is 12.0. The molecular formula is C18H32IN5S2. The van der Waals surface area contributed by atoms with E-state index in [0.29, 0.717) is 4.75 Å². The number of hydrogen-bond donors (Lipinski definition) is 2. The second-order valence-corrected chi connectivity index (χ2v) is 9.61. The van der Waals surface area contributed by atoms with Crippen molar-refractivity contribution in [3.63, 3.8) is 0 Å². The number of hydrogen-bond acceptors (Lipinski definition) is 5. The highest BCUT2D eigenvalue weighted by Gasteiger charge is 2.29. The number of aromatic nitrogens is 1. The fraction of sp³-hybridized carbons (Fsp3) is 0.778. The monoisotopic (exact) mass is 509 g/mol. The van der Waals surface area contributed by atoms with Crippen LogP contribution in [-0.4, -0.2) is 54.2 Å². The normalized spacial score (nSPS) is 23.2. The first-order valence-electron chi connectivity index (χ1n) is 9.54. The van der Waals surface area contributed by atoms with Gasteiger partial charge in [0, 0.05) is 42.7 Å². The summed E-state index contributed by atoms with van der Waals surface area (Å²) in [6.07, 6.45) is 6.15. The fourth-order valence-corrected chi connectivity index (χ4v) is 5.46. The van der Waals surface area contributed by atoms with Crippen LogP contribution >= 0.6 is 47.1 Å². The molecule has 0 spiro atoms. The molecular weight excluding hydrogens is 477 g/mol. The molecule has 2 N–H and O–H groups in total. The van der Waals surface area contributed by atoms with E-state index >= 15 is 0 Å². The van der Waals surface area contributed by atoms with Gasteiger partial charge in [-0.3, -0.25) is 4.99 Å². The number of anilines is 1. The third-order valence-corrected chi connectivity index (χ3v) is 7.28. The standard InChI is InChI=1S/C18H31N5S2.HI/c1-3-19-16(21-14-18(2)8-6-12-25-18)20-9-7-15-13-24-17(22-15)23-10-4-5-11-23;/h13H,3-12,14H2,1-2H3,(H2,19,20,21);1H. The van der Waals surface area contributed by atoms with Crippen LogP contribution in [-0.2, 0) is 6.42 Å². The van der Waals surface area contributed by atoms with Crippen molar-refractivity contribution in [1.29, 1.82) is 0 Å². The van der Waals surface area contributed by atoms with E-state index in [1.54, 1.807) is 11.3 Å². The van der Waals surface area contributed by atoms with E-state index < -0.39 is 0 Å². The molecule has 0 amide bonds.